The first-order valence-electron chi connectivity index (χ1n) is 8.55. The second kappa shape index (κ2) is 7.58. The Kier molecular flexibility index (Phi) is 4.98. The molecule has 28 heavy (non-hydrogen) atoms. The van der Waals surface area contributed by atoms with Gasteiger partial charge in [-0.2, -0.15) is 0 Å². The van der Waals surface area contributed by atoms with Gasteiger partial charge < -0.3 is 5.32 Å². The molecule has 1 unspecified atom stereocenters. The molecule has 1 N–H and O–H groups in total. The largest absolute Gasteiger partial charge is 0.360 e. The lowest BCUT2D eigenvalue weighted by molar-refractivity contribution is 0.731. The Morgan fingerprint density at radius 2 is 1.82 bits per heavy atom. The van der Waals surface area contributed by atoms with Crippen molar-refractivity contribution >= 4 is 39.9 Å². The Hall–Kier alpha value is -2.96. The third-order valence-electron chi connectivity index (χ3n) is 4.27. The Morgan fingerprint density at radius 1 is 1.04 bits per heavy atom. The Labute approximate surface area is 170 Å². The van der Waals surface area contributed by atoms with E-state index < -0.39 is 0 Å². The number of benzene rings is 2. The van der Waals surface area contributed by atoms with Crippen LogP contribution in [0, 0.1) is 0 Å². The monoisotopic (exact) mass is 411 g/mol. The van der Waals surface area contributed by atoms with Gasteiger partial charge in [0.2, 0.25) is 0 Å². The van der Waals surface area contributed by atoms with Crippen molar-refractivity contribution in [2.24, 2.45) is 0 Å². The summed E-state index contributed by atoms with van der Waals surface area (Å²) in [5.74, 6) is 1.06. The highest BCUT2D eigenvalue weighted by Crippen LogP contribution is 2.24. The van der Waals surface area contributed by atoms with Crippen molar-refractivity contribution in [2.75, 3.05) is 5.32 Å². The van der Waals surface area contributed by atoms with Crippen LogP contribution in [0.4, 0.5) is 5.82 Å². The average molecular weight is 412 g/mol. The average Bonchev–Trinajstić information content (AvgIpc) is 2.68. The maximum Gasteiger partial charge on any atom is 0.267 e. The minimum absolute atomic E-state index is 0.230. The Morgan fingerprint density at radius 3 is 2.57 bits per heavy atom. The number of nitrogens with zero attached hydrogens (tertiary/aromatic N) is 4. The number of aromatic nitrogens is 4. The number of para-hydroxylation sites is 1. The van der Waals surface area contributed by atoms with Crippen LogP contribution in [0.2, 0.25) is 10.2 Å². The van der Waals surface area contributed by atoms with Crippen molar-refractivity contribution in [3.8, 4) is 5.69 Å². The van der Waals surface area contributed by atoms with Crippen molar-refractivity contribution in [1.82, 2.24) is 19.5 Å². The molecule has 0 amide bonds. The molecule has 0 spiro atoms. The molecule has 4 aromatic rings. The first kappa shape index (κ1) is 18.4. The standard InChI is InChI=1S/C20H15Cl2N5O/c1-12(25-17-10-16(22)23-11-24-17)19-26-15-9-5-8-14(21)18(15)20(28)27(19)13-6-3-2-4-7-13/h2-12H,1H3,(H,23,24,25). The highest BCUT2D eigenvalue weighted by atomic mass is 35.5. The first-order valence-corrected chi connectivity index (χ1v) is 9.31. The molecule has 0 saturated heterocycles. The molecule has 0 saturated carbocycles. The normalized spacial score (nSPS) is 12.1. The number of halogens is 2. The Balaban J connectivity index is 1.92. The predicted octanol–water partition coefficient (Wildman–Crippen LogP) is 4.66. The highest BCUT2D eigenvalue weighted by molar-refractivity contribution is 6.35. The zero-order valence-corrected chi connectivity index (χ0v) is 16.3. The second-order valence-electron chi connectivity index (χ2n) is 6.17. The smallest absolute Gasteiger partial charge is 0.267 e. The number of hydrogen-bond acceptors (Lipinski definition) is 5. The molecule has 0 bridgehead atoms. The molecular weight excluding hydrogens is 397 g/mol. The van der Waals surface area contributed by atoms with Gasteiger partial charge in [-0.05, 0) is 31.2 Å². The fourth-order valence-electron chi connectivity index (χ4n) is 3.02. The van der Waals surface area contributed by atoms with Gasteiger partial charge in [0.05, 0.1) is 27.7 Å². The second-order valence-corrected chi connectivity index (χ2v) is 6.97. The minimum atomic E-state index is -0.345. The number of nitrogens with one attached hydrogen (secondary N) is 1. The van der Waals surface area contributed by atoms with E-state index in [0.717, 1.165) is 0 Å². The molecule has 8 heteroatoms. The molecule has 2 aromatic carbocycles. The third-order valence-corrected chi connectivity index (χ3v) is 4.79. The van der Waals surface area contributed by atoms with Gasteiger partial charge in [-0.1, -0.05) is 47.5 Å². The van der Waals surface area contributed by atoms with Gasteiger partial charge in [0.15, 0.2) is 0 Å². The molecular formula is C20H15Cl2N5O. The predicted molar refractivity (Wildman–Crippen MR) is 111 cm³/mol. The zero-order valence-electron chi connectivity index (χ0n) is 14.8. The van der Waals surface area contributed by atoms with Crippen LogP contribution >= 0.6 is 23.2 Å². The van der Waals surface area contributed by atoms with Crippen molar-refractivity contribution in [3.05, 3.63) is 87.3 Å². The van der Waals surface area contributed by atoms with Crippen LogP contribution in [0.3, 0.4) is 0 Å². The topological polar surface area (TPSA) is 72.7 Å². The summed E-state index contributed by atoms with van der Waals surface area (Å²) in [5.41, 5.74) is 1.01. The Bertz CT molecular complexity index is 1210. The summed E-state index contributed by atoms with van der Waals surface area (Å²) in [5, 5.41) is 4.30. The molecule has 6 nitrogen and oxygen atoms in total. The van der Waals surface area contributed by atoms with E-state index in [0.29, 0.717) is 38.4 Å². The zero-order chi connectivity index (χ0) is 19.7. The number of rotatable bonds is 4. The maximum atomic E-state index is 13.3. The summed E-state index contributed by atoms with van der Waals surface area (Å²) in [6, 6.07) is 15.8. The lowest BCUT2D eigenvalue weighted by Crippen LogP contribution is -2.27. The van der Waals surface area contributed by atoms with Crippen LogP contribution in [0.15, 0.2) is 65.7 Å². The van der Waals surface area contributed by atoms with Gasteiger partial charge in [-0.25, -0.2) is 15.0 Å². The lowest BCUT2D eigenvalue weighted by atomic mass is 10.2. The summed E-state index contributed by atoms with van der Waals surface area (Å²) in [6.45, 7) is 1.90. The molecule has 2 aromatic heterocycles. The van der Waals surface area contributed by atoms with E-state index in [-0.39, 0.29) is 11.6 Å². The SMILES string of the molecule is CC(Nc1cc(Cl)ncn1)c1nc2cccc(Cl)c2c(=O)n1-c1ccccc1. The van der Waals surface area contributed by atoms with Gasteiger partial charge in [0, 0.05) is 6.07 Å². The van der Waals surface area contributed by atoms with Gasteiger partial charge in [-0.3, -0.25) is 9.36 Å². The molecule has 140 valence electrons. The van der Waals surface area contributed by atoms with Gasteiger partial charge in [-0.15, -0.1) is 0 Å². The molecule has 0 aliphatic rings. The molecule has 0 aliphatic carbocycles. The number of anilines is 1. The lowest BCUT2D eigenvalue weighted by Gasteiger charge is -2.20. The highest BCUT2D eigenvalue weighted by Gasteiger charge is 2.19. The van der Waals surface area contributed by atoms with Crippen molar-refractivity contribution in [3.63, 3.8) is 0 Å². The van der Waals surface area contributed by atoms with E-state index in [1.807, 2.05) is 37.3 Å². The van der Waals surface area contributed by atoms with Crippen LogP contribution in [-0.2, 0) is 0 Å². The fourth-order valence-corrected chi connectivity index (χ4v) is 3.42. The maximum absolute atomic E-state index is 13.3. The quantitative estimate of drug-likeness (QED) is 0.494. The van der Waals surface area contributed by atoms with Gasteiger partial charge >= 0.3 is 0 Å². The van der Waals surface area contributed by atoms with Gasteiger partial charge in [0.1, 0.15) is 23.1 Å². The van der Waals surface area contributed by atoms with E-state index in [1.165, 1.54) is 6.33 Å². The third kappa shape index (κ3) is 3.44. The molecule has 0 fully saturated rings. The van der Waals surface area contributed by atoms with E-state index in [4.69, 9.17) is 28.2 Å². The van der Waals surface area contributed by atoms with Crippen molar-refractivity contribution < 1.29 is 0 Å². The van der Waals surface area contributed by atoms with Crippen molar-refractivity contribution in [1.29, 1.82) is 0 Å². The number of hydrogen-bond donors (Lipinski definition) is 1. The summed E-state index contributed by atoms with van der Waals surface area (Å²) in [6.07, 6.45) is 1.37. The van der Waals surface area contributed by atoms with E-state index in [9.17, 15) is 4.79 Å². The summed E-state index contributed by atoms with van der Waals surface area (Å²) in [7, 11) is 0. The van der Waals surface area contributed by atoms with Gasteiger partial charge in [0.25, 0.3) is 5.56 Å². The molecule has 4 rings (SSSR count). The van der Waals surface area contributed by atoms with Crippen LogP contribution in [0.25, 0.3) is 16.6 Å². The summed E-state index contributed by atoms with van der Waals surface area (Å²) >= 11 is 12.2. The van der Waals surface area contributed by atoms with Crippen LogP contribution in [-0.4, -0.2) is 19.5 Å². The van der Waals surface area contributed by atoms with Crippen LogP contribution in [0.5, 0.6) is 0 Å². The van der Waals surface area contributed by atoms with Crippen LogP contribution in [0.1, 0.15) is 18.8 Å². The first-order chi connectivity index (χ1) is 13.5. The molecule has 0 radical (unpaired) electrons. The minimum Gasteiger partial charge on any atom is -0.360 e. The number of fused-ring (bicyclic) bond motifs is 1. The van der Waals surface area contributed by atoms with E-state index in [1.54, 1.807) is 28.8 Å². The van der Waals surface area contributed by atoms with E-state index >= 15 is 0 Å². The van der Waals surface area contributed by atoms with Crippen molar-refractivity contribution in [2.45, 2.75) is 13.0 Å². The van der Waals surface area contributed by atoms with Crippen LogP contribution < -0.4 is 10.9 Å². The fraction of sp³-hybridized carbons (Fsp3) is 0.100. The summed E-state index contributed by atoms with van der Waals surface area (Å²) < 4.78 is 1.56. The molecule has 1 atom stereocenters. The molecule has 2 heterocycles. The summed E-state index contributed by atoms with van der Waals surface area (Å²) in [4.78, 5) is 26.1. The molecule has 0 aliphatic heterocycles. The van der Waals surface area contributed by atoms with E-state index in [2.05, 4.69) is 15.3 Å².